The van der Waals surface area contributed by atoms with Gasteiger partial charge in [0.15, 0.2) is 5.57 Å². The third-order valence-electron chi connectivity index (χ3n) is 4.02. The summed E-state index contributed by atoms with van der Waals surface area (Å²) in [5.41, 5.74) is 0.743. The summed E-state index contributed by atoms with van der Waals surface area (Å²) >= 11 is 0. The number of nitrogens with one attached hydrogen (secondary N) is 1. The summed E-state index contributed by atoms with van der Waals surface area (Å²) in [4.78, 5) is 16.0. The minimum Gasteiger partial charge on any atom is -0.444 e. The van der Waals surface area contributed by atoms with Gasteiger partial charge in [0.1, 0.15) is 29.5 Å². The van der Waals surface area contributed by atoms with E-state index in [1.165, 1.54) is 0 Å². The van der Waals surface area contributed by atoms with Crippen LogP contribution < -0.4 is 10.2 Å². The average Bonchev–Trinajstić information content (AvgIpc) is 2.67. The Morgan fingerprint density at radius 3 is 2.04 bits per heavy atom. The van der Waals surface area contributed by atoms with Crippen LogP contribution in [-0.2, 0) is 4.74 Å². The van der Waals surface area contributed by atoms with Gasteiger partial charge in [-0.1, -0.05) is 0 Å². The van der Waals surface area contributed by atoms with E-state index >= 15 is 0 Å². The lowest BCUT2D eigenvalue weighted by Gasteiger charge is -2.36. The van der Waals surface area contributed by atoms with E-state index in [1.54, 1.807) is 29.2 Å². The van der Waals surface area contributed by atoms with Crippen molar-refractivity contribution in [1.82, 2.24) is 4.90 Å². The number of nitriles is 3. The van der Waals surface area contributed by atoms with Crippen LogP contribution in [0, 0.1) is 34.0 Å². The second kappa shape index (κ2) is 8.79. The number of amides is 1. The van der Waals surface area contributed by atoms with E-state index in [2.05, 4.69) is 10.2 Å². The van der Waals surface area contributed by atoms with Gasteiger partial charge in [0.05, 0.1) is 0 Å². The number of nitrogens with zero attached hydrogens (tertiary/aromatic N) is 5. The lowest BCUT2D eigenvalue weighted by atomic mass is 10.2. The summed E-state index contributed by atoms with van der Waals surface area (Å²) < 4.78 is 5.40. The quantitative estimate of drug-likeness (QED) is 0.804. The molecule has 1 aliphatic rings. The predicted molar refractivity (Wildman–Crippen MR) is 104 cm³/mol. The van der Waals surface area contributed by atoms with Crippen LogP contribution in [-0.4, -0.2) is 42.8 Å². The minimum atomic E-state index is -0.509. The molecule has 0 unspecified atom stereocenters. The molecular weight excluding hydrogens is 356 g/mol. The smallest absolute Gasteiger partial charge is 0.410 e. The Hall–Kier alpha value is -3.70. The lowest BCUT2D eigenvalue weighted by molar-refractivity contribution is 0.0240. The van der Waals surface area contributed by atoms with Crippen LogP contribution in [0.3, 0.4) is 0 Å². The van der Waals surface area contributed by atoms with E-state index in [0.29, 0.717) is 31.9 Å². The number of anilines is 2. The molecule has 0 aliphatic carbocycles. The normalized spacial score (nSPS) is 13.6. The highest BCUT2D eigenvalue weighted by Gasteiger charge is 2.25. The van der Waals surface area contributed by atoms with Crippen LogP contribution in [0.15, 0.2) is 35.5 Å². The number of ether oxygens (including phenoxy) is 1. The number of benzene rings is 1. The maximum absolute atomic E-state index is 12.1. The van der Waals surface area contributed by atoms with E-state index in [0.717, 1.165) is 5.69 Å². The van der Waals surface area contributed by atoms with E-state index in [4.69, 9.17) is 20.5 Å². The number of carbonyl (C=O) groups excluding carboxylic acids is 1. The highest BCUT2D eigenvalue weighted by atomic mass is 16.6. The van der Waals surface area contributed by atoms with Crippen molar-refractivity contribution in [1.29, 1.82) is 15.8 Å². The van der Waals surface area contributed by atoms with E-state index < -0.39 is 5.60 Å². The van der Waals surface area contributed by atoms with Gasteiger partial charge >= 0.3 is 6.09 Å². The average molecular weight is 378 g/mol. The van der Waals surface area contributed by atoms with Crippen LogP contribution in [0.5, 0.6) is 0 Å². The van der Waals surface area contributed by atoms with Crippen LogP contribution in [0.25, 0.3) is 0 Å². The molecule has 0 radical (unpaired) electrons. The molecule has 0 atom stereocenters. The van der Waals surface area contributed by atoms with Crippen molar-refractivity contribution in [2.75, 3.05) is 36.4 Å². The molecule has 0 spiro atoms. The van der Waals surface area contributed by atoms with Crippen LogP contribution in [0.1, 0.15) is 20.8 Å². The molecule has 0 saturated carbocycles. The molecule has 1 fully saturated rings. The van der Waals surface area contributed by atoms with Gasteiger partial charge in [-0.2, -0.15) is 15.8 Å². The molecule has 144 valence electrons. The zero-order valence-corrected chi connectivity index (χ0v) is 16.2. The summed E-state index contributed by atoms with van der Waals surface area (Å²) in [6, 6.07) is 12.5. The standard InChI is InChI=1S/C20H22N6O2/c1-20(2,3)28-19(27)26-10-8-25(9-11-26)17-6-4-16(5-7-17)24-18(14-23)15(12-21)13-22/h4-7,24H,8-11H2,1-3H3. The maximum atomic E-state index is 12.1. The van der Waals surface area contributed by atoms with Gasteiger partial charge in [-0.3, -0.25) is 0 Å². The fourth-order valence-electron chi connectivity index (χ4n) is 2.66. The molecule has 1 N–H and O–H groups in total. The molecule has 2 rings (SSSR count). The molecule has 0 aromatic heterocycles. The first kappa shape index (κ1) is 20.6. The number of allylic oxidation sites excluding steroid dienone is 2. The minimum absolute atomic E-state index is 0.0799. The Bertz CT molecular complexity index is 854. The molecule has 28 heavy (non-hydrogen) atoms. The van der Waals surface area contributed by atoms with Crippen LogP contribution in [0.4, 0.5) is 16.2 Å². The lowest BCUT2D eigenvalue weighted by Crippen LogP contribution is -2.50. The van der Waals surface area contributed by atoms with Crippen molar-refractivity contribution >= 4 is 17.5 Å². The van der Waals surface area contributed by atoms with Gasteiger partial charge in [0.2, 0.25) is 0 Å². The zero-order valence-electron chi connectivity index (χ0n) is 16.2. The first-order valence-electron chi connectivity index (χ1n) is 8.82. The summed E-state index contributed by atoms with van der Waals surface area (Å²) in [5.74, 6) is 0. The highest BCUT2D eigenvalue weighted by molar-refractivity contribution is 5.69. The van der Waals surface area contributed by atoms with Crippen molar-refractivity contribution in [3.05, 3.63) is 35.5 Å². The third kappa shape index (κ3) is 5.40. The molecule has 1 aromatic carbocycles. The second-order valence-corrected chi connectivity index (χ2v) is 7.21. The number of carbonyl (C=O) groups is 1. The summed E-state index contributed by atoms with van der Waals surface area (Å²) in [6.45, 7) is 8.05. The fraction of sp³-hybridized carbons (Fsp3) is 0.400. The monoisotopic (exact) mass is 378 g/mol. The number of hydrogen-bond donors (Lipinski definition) is 1. The maximum Gasteiger partial charge on any atom is 0.410 e. The molecule has 1 saturated heterocycles. The third-order valence-corrected chi connectivity index (χ3v) is 4.02. The fourth-order valence-corrected chi connectivity index (χ4v) is 2.66. The Kier molecular flexibility index (Phi) is 6.47. The Balaban J connectivity index is 1.98. The van der Waals surface area contributed by atoms with Crippen LogP contribution >= 0.6 is 0 Å². The molecule has 1 heterocycles. The van der Waals surface area contributed by atoms with E-state index in [1.807, 2.05) is 39.0 Å². The van der Waals surface area contributed by atoms with Crippen molar-refractivity contribution in [2.24, 2.45) is 0 Å². The molecule has 1 aromatic rings. The van der Waals surface area contributed by atoms with Crippen LogP contribution in [0.2, 0.25) is 0 Å². The van der Waals surface area contributed by atoms with Crippen molar-refractivity contribution in [3.63, 3.8) is 0 Å². The zero-order chi connectivity index (χ0) is 20.7. The Morgan fingerprint density at radius 1 is 1.00 bits per heavy atom. The number of rotatable bonds is 3. The van der Waals surface area contributed by atoms with Crippen molar-refractivity contribution in [2.45, 2.75) is 26.4 Å². The number of hydrogen-bond acceptors (Lipinski definition) is 7. The van der Waals surface area contributed by atoms with E-state index in [9.17, 15) is 4.79 Å². The summed E-state index contributed by atoms with van der Waals surface area (Å²) in [5, 5.41) is 29.6. The van der Waals surface area contributed by atoms with Gasteiger partial charge in [0.25, 0.3) is 0 Å². The van der Waals surface area contributed by atoms with Gasteiger partial charge in [-0.05, 0) is 45.0 Å². The van der Waals surface area contributed by atoms with Gasteiger partial charge < -0.3 is 19.9 Å². The highest BCUT2D eigenvalue weighted by Crippen LogP contribution is 2.21. The first-order valence-corrected chi connectivity index (χ1v) is 8.82. The molecule has 0 bridgehead atoms. The molecule has 1 amide bonds. The molecule has 1 aliphatic heterocycles. The Labute approximate surface area is 164 Å². The second-order valence-electron chi connectivity index (χ2n) is 7.21. The molecule has 8 nitrogen and oxygen atoms in total. The summed E-state index contributed by atoms with van der Waals surface area (Å²) in [7, 11) is 0. The summed E-state index contributed by atoms with van der Waals surface area (Å²) in [6.07, 6.45) is -0.298. The molecule has 8 heteroatoms. The number of piperazine rings is 1. The van der Waals surface area contributed by atoms with Gasteiger partial charge in [-0.25, -0.2) is 4.79 Å². The predicted octanol–water partition coefficient (Wildman–Crippen LogP) is 2.98. The van der Waals surface area contributed by atoms with Crippen molar-refractivity contribution in [3.8, 4) is 18.2 Å². The molecular formula is C20H22N6O2. The van der Waals surface area contributed by atoms with Crippen molar-refractivity contribution < 1.29 is 9.53 Å². The first-order chi connectivity index (χ1) is 13.3. The van der Waals surface area contributed by atoms with Gasteiger partial charge in [-0.15, -0.1) is 0 Å². The largest absolute Gasteiger partial charge is 0.444 e. The van der Waals surface area contributed by atoms with Gasteiger partial charge in [0, 0.05) is 37.6 Å². The topological polar surface area (TPSA) is 116 Å². The van der Waals surface area contributed by atoms with E-state index in [-0.39, 0.29) is 17.4 Å². The Morgan fingerprint density at radius 2 is 1.57 bits per heavy atom. The SMILES string of the molecule is CC(C)(C)OC(=O)N1CCN(c2ccc(NC(C#N)=C(C#N)C#N)cc2)CC1.